The Bertz CT molecular complexity index is 697. The fourth-order valence-electron chi connectivity index (χ4n) is 3.08. The van der Waals surface area contributed by atoms with Gasteiger partial charge in [0.15, 0.2) is 0 Å². The van der Waals surface area contributed by atoms with Crippen LogP contribution in [0.5, 0.6) is 0 Å². The van der Waals surface area contributed by atoms with Gasteiger partial charge in [-0.2, -0.15) is 0 Å². The summed E-state index contributed by atoms with van der Waals surface area (Å²) >= 11 is 0. The first-order valence-electron chi connectivity index (χ1n) is 7.50. The maximum atomic E-state index is 11.8. The number of rotatable bonds is 6. The van der Waals surface area contributed by atoms with E-state index < -0.39 is 11.4 Å². The smallest absolute Gasteiger partial charge is 0.316 e. The Labute approximate surface area is 129 Å². The van der Waals surface area contributed by atoms with Crippen LogP contribution < -0.4 is 5.73 Å². The summed E-state index contributed by atoms with van der Waals surface area (Å²) in [5.74, 6) is 0.0813. The van der Waals surface area contributed by atoms with E-state index in [-0.39, 0.29) is 5.92 Å². The Balaban J connectivity index is 1.88. The second kappa shape index (κ2) is 5.53. The number of nitrogens with zero attached hydrogens (tertiary/aromatic N) is 3. The second-order valence-corrected chi connectivity index (χ2v) is 5.91. The molecule has 0 aromatic carbocycles. The average molecular weight is 300 g/mol. The van der Waals surface area contributed by atoms with Crippen molar-refractivity contribution in [3.8, 4) is 5.82 Å². The summed E-state index contributed by atoms with van der Waals surface area (Å²) in [5, 5.41) is 9.65. The van der Waals surface area contributed by atoms with Gasteiger partial charge in [-0.3, -0.25) is 9.36 Å². The first kappa shape index (κ1) is 14.7. The molecule has 2 heterocycles. The number of nitrogens with two attached hydrogens (primary N) is 1. The van der Waals surface area contributed by atoms with Gasteiger partial charge >= 0.3 is 5.97 Å². The molecule has 1 aliphatic rings. The summed E-state index contributed by atoms with van der Waals surface area (Å²) in [4.78, 5) is 20.5. The van der Waals surface area contributed by atoms with Crippen molar-refractivity contribution in [1.82, 2.24) is 14.5 Å². The second-order valence-electron chi connectivity index (χ2n) is 5.91. The molecular formula is C16H20N4O2. The molecule has 116 valence electrons. The minimum absolute atomic E-state index is 0.127. The zero-order valence-electron chi connectivity index (χ0n) is 12.6. The number of pyridine rings is 1. The summed E-state index contributed by atoms with van der Waals surface area (Å²) in [6.07, 6.45) is 5.75. The lowest BCUT2D eigenvalue weighted by molar-refractivity contribution is -0.140. The van der Waals surface area contributed by atoms with Crippen LogP contribution >= 0.6 is 0 Å². The number of carboxylic acids is 1. The molecule has 0 unspecified atom stereocenters. The van der Waals surface area contributed by atoms with Crippen molar-refractivity contribution in [3.63, 3.8) is 0 Å². The van der Waals surface area contributed by atoms with Gasteiger partial charge in [0.05, 0.1) is 5.69 Å². The van der Waals surface area contributed by atoms with E-state index in [1.165, 1.54) is 0 Å². The first-order chi connectivity index (χ1) is 10.6. The van der Waals surface area contributed by atoms with Crippen molar-refractivity contribution in [2.24, 2.45) is 11.7 Å². The highest BCUT2D eigenvalue weighted by Crippen LogP contribution is 2.56. The summed E-state index contributed by atoms with van der Waals surface area (Å²) in [5.41, 5.74) is 6.21. The van der Waals surface area contributed by atoms with Crippen molar-refractivity contribution in [2.45, 2.75) is 31.6 Å². The van der Waals surface area contributed by atoms with Crippen LogP contribution in [0.25, 0.3) is 5.82 Å². The third kappa shape index (κ3) is 2.39. The van der Waals surface area contributed by atoms with Crippen molar-refractivity contribution >= 4 is 5.97 Å². The Kier molecular flexibility index (Phi) is 3.70. The molecule has 3 rings (SSSR count). The molecule has 0 spiro atoms. The number of aryl methyl sites for hydroxylation is 1. The lowest BCUT2D eigenvalue weighted by Crippen LogP contribution is -2.23. The minimum Gasteiger partial charge on any atom is -0.481 e. The van der Waals surface area contributed by atoms with Crippen LogP contribution in [-0.2, 0) is 10.2 Å². The number of carboxylic acid groups (broad SMARTS) is 1. The molecule has 2 aromatic rings. The molecule has 3 N–H and O–H groups in total. The molecule has 1 fully saturated rings. The highest BCUT2D eigenvalue weighted by Gasteiger charge is 2.62. The van der Waals surface area contributed by atoms with Gasteiger partial charge in [0, 0.05) is 11.9 Å². The molecule has 1 aliphatic carbocycles. The number of imidazole rings is 1. The van der Waals surface area contributed by atoms with Gasteiger partial charge in [0.1, 0.15) is 17.6 Å². The molecule has 0 aliphatic heterocycles. The fourth-order valence-corrected chi connectivity index (χ4v) is 3.08. The van der Waals surface area contributed by atoms with Crippen molar-refractivity contribution in [3.05, 3.63) is 42.1 Å². The predicted octanol–water partition coefficient (Wildman–Crippen LogP) is 1.66. The van der Waals surface area contributed by atoms with Crippen LogP contribution in [0.3, 0.4) is 0 Å². The number of aromatic nitrogens is 3. The maximum absolute atomic E-state index is 11.8. The quantitative estimate of drug-likeness (QED) is 0.846. The Hall–Kier alpha value is -2.21. The van der Waals surface area contributed by atoms with Crippen LogP contribution in [-0.4, -0.2) is 32.2 Å². The molecule has 2 atom stereocenters. The Morgan fingerprint density at radius 3 is 3.05 bits per heavy atom. The van der Waals surface area contributed by atoms with Gasteiger partial charge in [-0.1, -0.05) is 6.07 Å². The van der Waals surface area contributed by atoms with Crippen LogP contribution in [0.1, 0.15) is 30.7 Å². The fraction of sp³-hybridized carbons (Fsp3) is 0.438. The van der Waals surface area contributed by atoms with Crippen LogP contribution in [0, 0.1) is 12.8 Å². The molecule has 0 saturated heterocycles. The number of hydrogen-bond donors (Lipinski definition) is 2. The van der Waals surface area contributed by atoms with Gasteiger partial charge in [-0.25, -0.2) is 9.97 Å². The minimum atomic E-state index is -0.843. The number of aliphatic carboxylic acids is 1. The van der Waals surface area contributed by atoms with Crippen molar-refractivity contribution < 1.29 is 9.90 Å². The zero-order valence-corrected chi connectivity index (χ0v) is 12.6. The summed E-state index contributed by atoms with van der Waals surface area (Å²) in [6.45, 7) is 2.51. The number of carbonyl (C=O) groups is 1. The van der Waals surface area contributed by atoms with E-state index in [4.69, 9.17) is 5.73 Å². The molecule has 6 heteroatoms. The molecule has 6 nitrogen and oxygen atoms in total. The SMILES string of the molecule is Cc1cccc(-n2cnc([C@@]3(C(=O)O)C[C@@H]3CCCN)c2)n1. The molecule has 0 amide bonds. The van der Waals surface area contributed by atoms with Gasteiger partial charge in [0.2, 0.25) is 0 Å². The van der Waals surface area contributed by atoms with E-state index in [1.807, 2.05) is 25.1 Å². The van der Waals surface area contributed by atoms with E-state index >= 15 is 0 Å². The molecule has 0 bridgehead atoms. The largest absolute Gasteiger partial charge is 0.481 e. The lowest BCUT2D eigenvalue weighted by atomic mass is 9.98. The van der Waals surface area contributed by atoms with Crippen LogP contribution in [0.4, 0.5) is 0 Å². The summed E-state index contributed by atoms with van der Waals surface area (Å²) in [7, 11) is 0. The van der Waals surface area contributed by atoms with Crippen molar-refractivity contribution in [2.75, 3.05) is 6.54 Å². The highest BCUT2D eigenvalue weighted by atomic mass is 16.4. The van der Waals surface area contributed by atoms with Gasteiger partial charge < -0.3 is 10.8 Å². The molecule has 22 heavy (non-hydrogen) atoms. The zero-order chi connectivity index (χ0) is 15.7. The molecular weight excluding hydrogens is 280 g/mol. The van der Waals surface area contributed by atoms with Gasteiger partial charge in [-0.15, -0.1) is 0 Å². The predicted molar refractivity (Wildman–Crippen MR) is 81.8 cm³/mol. The van der Waals surface area contributed by atoms with Gasteiger partial charge in [-0.05, 0) is 50.8 Å². The van der Waals surface area contributed by atoms with E-state index in [1.54, 1.807) is 17.1 Å². The highest BCUT2D eigenvalue weighted by molar-refractivity contribution is 5.85. The molecule has 1 saturated carbocycles. The summed E-state index contributed by atoms with van der Waals surface area (Å²) < 4.78 is 1.78. The molecule has 2 aromatic heterocycles. The molecule has 0 radical (unpaired) electrons. The van der Waals surface area contributed by atoms with E-state index in [0.717, 1.165) is 24.4 Å². The maximum Gasteiger partial charge on any atom is 0.316 e. The lowest BCUT2D eigenvalue weighted by Gasteiger charge is -2.09. The average Bonchev–Trinajstić information content (AvgIpc) is 3.02. The van der Waals surface area contributed by atoms with Crippen molar-refractivity contribution in [1.29, 1.82) is 0 Å². The first-order valence-corrected chi connectivity index (χ1v) is 7.50. The number of hydrogen-bond acceptors (Lipinski definition) is 4. The van der Waals surface area contributed by atoms with E-state index in [0.29, 0.717) is 18.7 Å². The standard InChI is InChI=1S/C16H20N4O2/c1-11-4-2-6-14(19-11)20-9-13(18-10-20)16(15(21)22)8-12(16)5-3-7-17/h2,4,6,9-10,12H,3,5,7-8,17H2,1H3,(H,21,22)/t12-,16+/m0/s1. The monoisotopic (exact) mass is 300 g/mol. The van der Waals surface area contributed by atoms with Crippen LogP contribution in [0.15, 0.2) is 30.7 Å². The van der Waals surface area contributed by atoms with Gasteiger partial charge in [0.25, 0.3) is 0 Å². The van der Waals surface area contributed by atoms with E-state index in [2.05, 4.69) is 9.97 Å². The van der Waals surface area contributed by atoms with E-state index in [9.17, 15) is 9.90 Å². The normalized spacial score (nSPS) is 23.5. The third-order valence-electron chi connectivity index (χ3n) is 4.42. The van der Waals surface area contributed by atoms with Crippen LogP contribution in [0.2, 0.25) is 0 Å². The third-order valence-corrected chi connectivity index (χ3v) is 4.42. The Morgan fingerprint density at radius 1 is 1.55 bits per heavy atom. The Morgan fingerprint density at radius 2 is 2.36 bits per heavy atom. The summed E-state index contributed by atoms with van der Waals surface area (Å²) in [6, 6.07) is 5.72. The topological polar surface area (TPSA) is 94.0 Å².